The number of benzene rings is 1. The van der Waals surface area contributed by atoms with Crippen molar-refractivity contribution >= 4 is 11.3 Å². The van der Waals surface area contributed by atoms with Crippen molar-refractivity contribution in [3.05, 3.63) is 65.1 Å². The van der Waals surface area contributed by atoms with Crippen LogP contribution in [-0.4, -0.2) is 21.1 Å². The van der Waals surface area contributed by atoms with Crippen LogP contribution < -0.4 is 5.32 Å². The van der Waals surface area contributed by atoms with Crippen molar-refractivity contribution in [3.63, 3.8) is 0 Å². The van der Waals surface area contributed by atoms with Gasteiger partial charge < -0.3 is 9.88 Å². The van der Waals surface area contributed by atoms with Gasteiger partial charge in [-0.2, -0.15) is 0 Å². The number of hydrogen-bond donors (Lipinski definition) is 1. The first kappa shape index (κ1) is 13.0. The van der Waals surface area contributed by atoms with Gasteiger partial charge in [-0.1, -0.05) is 12.1 Å². The van der Waals surface area contributed by atoms with Gasteiger partial charge in [-0.3, -0.25) is 0 Å². The Labute approximate surface area is 122 Å². The van der Waals surface area contributed by atoms with E-state index in [4.69, 9.17) is 0 Å². The van der Waals surface area contributed by atoms with Crippen molar-refractivity contribution in [2.24, 2.45) is 0 Å². The molecule has 4 nitrogen and oxygen atoms in total. The zero-order chi connectivity index (χ0) is 13.6. The first-order valence-corrected chi connectivity index (χ1v) is 7.51. The van der Waals surface area contributed by atoms with Crippen molar-refractivity contribution in [3.8, 4) is 5.69 Å². The lowest BCUT2D eigenvalue weighted by molar-refractivity contribution is 0.681. The molecule has 20 heavy (non-hydrogen) atoms. The van der Waals surface area contributed by atoms with E-state index in [1.54, 1.807) is 23.9 Å². The third kappa shape index (κ3) is 3.31. The highest BCUT2D eigenvalue weighted by atomic mass is 32.1. The summed E-state index contributed by atoms with van der Waals surface area (Å²) < 4.78 is 2.00. The smallest absolute Gasteiger partial charge is 0.0991 e. The normalized spacial score (nSPS) is 10.8. The molecule has 0 unspecified atom stereocenters. The second kappa shape index (κ2) is 6.45. The third-order valence-electron chi connectivity index (χ3n) is 3.11. The van der Waals surface area contributed by atoms with Crippen molar-refractivity contribution in [1.82, 2.24) is 19.9 Å². The molecule has 0 saturated carbocycles. The molecule has 0 aliphatic rings. The highest BCUT2D eigenvalue weighted by molar-refractivity contribution is 7.07. The van der Waals surface area contributed by atoms with Crippen molar-refractivity contribution in [1.29, 1.82) is 0 Å². The quantitative estimate of drug-likeness (QED) is 0.708. The van der Waals surface area contributed by atoms with Gasteiger partial charge in [-0.25, -0.2) is 9.97 Å². The third-order valence-corrected chi connectivity index (χ3v) is 3.74. The summed E-state index contributed by atoms with van der Waals surface area (Å²) in [5, 5.41) is 5.54. The van der Waals surface area contributed by atoms with E-state index in [0.717, 1.165) is 30.9 Å². The van der Waals surface area contributed by atoms with Crippen LogP contribution in [0.5, 0.6) is 0 Å². The molecule has 0 spiro atoms. The number of hydrogen-bond acceptors (Lipinski definition) is 4. The largest absolute Gasteiger partial charge is 0.312 e. The van der Waals surface area contributed by atoms with E-state index in [9.17, 15) is 0 Å². The molecule has 0 aliphatic heterocycles. The molecule has 5 heteroatoms. The summed E-state index contributed by atoms with van der Waals surface area (Å²) in [6, 6.07) is 8.51. The summed E-state index contributed by atoms with van der Waals surface area (Å²) in [7, 11) is 0. The lowest BCUT2D eigenvalue weighted by atomic mass is 10.2. The van der Waals surface area contributed by atoms with Crippen LogP contribution in [0, 0.1) is 0 Å². The number of aromatic nitrogens is 3. The number of rotatable bonds is 6. The first-order valence-electron chi connectivity index (χ1n) is 6.57. The SMILES string of the molecule is c1cn(-c2ccc(CNCCc3cscn3)cc2)cn1. The van der Waals surface area contributed by atoms with Gasteiger partial charge in [0.15, 0.2) is 0 Å². The van der Waals surface area contributed by atoms with E-state index in [1.165, 1.54) is 5.56 Å². The molecule has 102 valence electrons. The maximum atomic E-state index is 4.27. The molecule has 0 amide bonds. The Hall–Kier alpha value is -1.98. The first-order chi connectivity index (χ1) is 9.92. The Morgan fingerprint density at radius 1 is 1.20 bits per heavy atom. The van der Waals surface area contributed by atoms with Gasteiger partial charge in [-0.05, 0) is 17.7 Å². The molecule has 0 bridgehead atoms. The Morgan fingerprint density at radius 2 is 2.10 bits per heavy atom. The summed E-state index contributed by atoms with van der Waals surface area (Å²) in [6.07, 6.45) is 6.52. The van der Waals surface area contributed by atoms with Gasteiger partial charge >= 0.3 is 0 Å². The number of imidazole rings is 1. The average Bonchev–Trinajstić information content (AvgIpc) is 3.17. The maximum Gasteiger partial charge on any atom is 0.0991 e. The summed E-state index contributed by atoms with van der Waals surface area (Å²) >= 11 is 1.65. The van der Waals surface area contributed by atoms with E-state index in [2.05, 4.69) is 44.9 Å². The zero-order valence-electron chi connectivity index (χ0n) is 11.1. The fourth-order valence-electron chi connectivity index (χ4n) is 2.01. The van der Waals surface area contributed by atoms with Crippen molar-refractivity contribution < 1.29 is 0 Å². The van der Waals surface area contributed by atoms with Gasteiger partial charge in [0.2, 0.25) is 0 Å². The molecule has 2 heterocycles. The molecule has 1 aromatic carbocycles. The summed E-state index contributed by atoms with van der Waals surface area (Å²) in [5.41, 5.74) is 5.46. The molecule has 3 rings (SSSR count). The minimum Gasteiger partial charge on any atom is -0.312 e. The molecule has 0 saturated heterocycles. The molecular formula is C15H16N4S. The number of nitrogens with one attached hydrogen (secondary N) is 1. The highest BCUT2D eigenvalue weighted by Gasteiger charge is 1.98. The van der Waals surface area contributed by atoms with Crippen LogP contribution in [0.25, 0.3) is 5.69 Å². The Balaban J connectivity index is 1.48. The second-order valence-electron chi connectivity index (χ2n) is 4.54. The minimum atomic E-state index is 0.883. The van der Waals surface area contributed by atoms with Crippen LogP contribution in [0.15, 0.2) is 53.9 Å². The summed E-state index contributed by atoms with van der Waals surface area (Å²) in [4.78, 5) is 8.32. The van der Waals surface area contributed by atoms with E-state index in [0.29, 0.717) is 0 Å². The van der Waals surface area contributed by atoms with Crippen LogP contribution in [0.1, 0.15) is 11.3 Å². The van der Waals surface area contributed by atoms with E-state index < -0.39 is 0 Å². The monoisotopic (exact) mass is 284 g/mol. The molecular weight excluding hydrogens is 268 g/mol. The molecule has 2 aromatic heterocycles. The van der Waals surface area contributed by atoms with Gasteiger partial charge in [0.25, 0.3) is 0 Å². The minimum absolute atomic E-state index is 0.883. The highest BCUT2D eigenvalue weighted by Crippen LogP contribution is 2.09. The van der Waals surface area contributed by atoms with Crippen LogP contribution >= 0.6 is 11.3 Å². The lowest BCUT2D eigenvalue weighted by Gasteiger charge is -2.06. The fourth-order valence-corrected chi connectivity index (χ4v) is 2.60. The number of thiazole rings is 1. The fraction of sp³-hybridized carbons (Fsp3) is 0.200. The van der Waals surface area contributed by atoms with E-state index in [-0.39, 0.29) is 0 Å². The van der Waals surface area contributed by atoms with Gasteiger partial charge in [0.1, 0.15) is 0 Å². The predicted octanol–water partition coefficient (Wildman–Crippen LogP) is 2.66. The van der Waals surface area contributed by atoms with Crippen LogP contribution in [0.3, 0.4) is 0 Å². The second-order valence-corrected chi connectivity index (χ2v) is 5.26. The Kier molecular flexibility index (Phi) is 4.20. The molecule has 0 fully saturated rings. The predicted molar refractivity (Wildman–Crippen MR) is 81.1 cm³/mol. The molecule has 3 aromatic rings. The van der Waals surface area contributed by atoms with E-state index in [1.807, 2.05) is 16.3 Å². The molecule has 0 atom stereocenters. The topological polar surface area (TPSA) is 42.7 Å². The standard InChI is InChI=1S/C15H16N4S/c1-3-15(19-8-7-17-11-19)4-2-13(1)9-16-6-5-14-10-20-12-18-14/h1-4,7-8,10-12,16H,5-6,9H2. The maximum absolute atomic E-state index is 4.27. The van der Waals surface area contributed by atoms with Crippen LogP contribution in [-0.2, 0) is 13.0 Å². The van der Waals surface area contributed by atoms with Crippen LogP contribution in [0.4, 0.5) is 0 Å². The van der Waals surface area contributed by atoms with Crippen molar-refractivity contribution in [2.45, 2.75) is 13.0 Å². The van der Waals surface area contributed by atoms with Gasteiger partial charge in [0, 0.05) is 43.0 Å². The lowest BCUT2D eigenvalue weighted by Crippen LogP contribution is -2.16. The zero-order valence-corrected chi connectivity index (χ0v) is 11.9. The average molecular weight is 284 g/mol. The molecule has 0 radical (unpaired) electrons. The van der Waals surface area contributed by atoms with Crippen molar-refractivity contribution in [2.75, 3.05) is 6.54 Å². The summed E-state index contributed by atoms with van der Waals surface area (Å²) in [5.74, 6) is 0. The Bertz CT molecular complexity index is 614. The number of nitrogens with zero attached hydrogens (tertiary/aromatic N) is 3. The summed E-state index contributed by atoms with van der Waals surface area (Å²) in [6.45, 7) is 1.83. The Morgan fingerprint density at radius 3 is 2.80 bits per heavy atom. The molecule has 0 aliphatic carbocycles. The van der Waals surface area contributed by atoms with Gasteiger partial charge in [-0.15, -0.1) is 11.3 Å². The van der Waals surface area contributed by atoms with Gasteiger partial charge in [0.05, 0.1) is 17.5 Å². The van der Waals surface area contributed by atoms with Crippen LogP contribution in [0.2, 0.25) is 0 Å². The molecule has 1 N–H and O–H groups in total. The van der Waals surface area contributed by atoms with E-state index >= 15 is 0 Å².